The molecular formula is C16H8Cl2F3NO4. The number of hydrogen-bond donors (Lipinski definition) is 1. The van der Waals surface area contributed by atoms with Gasteiger partial charge >= 0.3 is 12.1 Å². The number of halogens is 5. The Morgan fingerprint density at radius 2 is 2.00 bits per heavy atom. The molecule has 1 aromatic heterocycles. The Kier molecular flexibility index (Phi) is 4.72. The molecule has 1 aromatic carbocycles. The molecule has 1 atom stereocenters. The van der Waals surface area contributed by atoms with Crippen molar-refractivity contribution in [1.82, 2.24) is 4.98 Å². The average Bonchev–Trinajstić information content (AvgIpc) is 2.55. The zero-order chi connectivity index (χ0) is 19.1. The predicted octanol–water partition coefficient (Wildman–Crippen LogP) is 4.97. The number of carboxylic acid groups (broad SMARTS) is 1. The minimum absolute atomic E-state index is 0.00617. The van der Waals surface area contributed by atoms with Crippen LogP contribution in [0.25, 0.3) is 6.08 Å². The fraction of sp³-hybridized carbons (Fsp3) is 0.125. The van der Waals surface area contributed by atoms with Gasteiger partial charge in [-0.2, -0.15) is 13.2 Å². The van der Waals surface area contributed by atoms with E-state index >= 15 is 0 Å². The van der Waals surface area contributed by atoms with Crippen LogP contribution in [-0.4, -0.2) is 28.3 Å². The first-order chi connectivity index (χ1) is 12.1. The van der Waals surface area contributed by atoms with Crippen molar-refractivity contribution in [3.8, 4) is 17.4 Å². The largest absolute Gasteiger partial charge is 0.478 e. The van der Waals surface area contributed by atoms with Crippen molar-refractivity contribution in [3.05, 3.63) is 51.6 Å². The maximum absolute atomic E-state index is 13.1. The normalized spacial score (nSPS) is 16.3. The summed E-state index contributed by atoms with van der Waals surface area (Å²) in [5, 5.41) is 9.42. The second-order valence-corrected chi connectivity index (χ2v) is 6.03. The van der Waals surface area contributed by atoms with Gasteiger partial charge in [-0.05, 0) is 18.2 Å². The summed E-state index contributed by atoms with van der Waals surface area (Å²) in [5.74, 6) is -1.85. The van der Waals surface area contributed by atoms with Gasteiger partial charge in [-0.1, -0.05) is 23.2 Å². The number of nitrogens with zero attached hydrogens (tertiary/aromatic N) is 1. The van der Waals surface area contributed by atoms with Crippen LogP contribution in [0.3, 0.4) is 0 Å². The highest BCUT2D eigenvalue weighted by Gasteiger charge is 2.48. The molecule has 10 heteroatoms. The van der Waals surface area contributed by atoms with E-state index in [4.69, 9.17) is 37.8 Å². The summed E-state index contributed by atoms with van der Waals surface area (Å²) >= 11 is 11.8. The van der Waals surface area contributed by atoms with Crippen LogP contribution in [0.1, 0.15) is 5.56 Å². The number of pyridine rings is 1. The monoisotopic (exact) mass is 405 g/mol. The lowest BCUT2D eigenvalue weighted by Gasteiger charge is -2.27. The summed E-state index contributed by atoms with van der Waals surface area (Å²) < 4.78 is 49.6. The smallest absolute Gasteiger partial charge is 0.430 e. The van der Waals surface area contributed by atoms with Crippen molar-refractivity contribution < 1.29 is 32.5 Å². The van der Waals surface area contributed by atoms with Crippen LogP contribution in [0.2, 0.25) is 10.0 Å². The van der Waals surface area contributed by atoms with E-state index in [2.05, 4.69) is 4.98 Å². The van der Waals surface area contributed by atoms with E-state index in [0.29, 0.717) is 5.02 Å². The lowest BCUT2D eigenvalue weighted by atomic mass is 10.0. The molecule has 1 unspecified atom stereocenters. The number of carboxylic acids is 1. The second kappa shape index (κ2) is 6.69. The van der Waals surface area contributed by atoms with Crippen LogP contribution in [0, 0.1) is 0 Å². The molecule has 0 radical (unpaired) electrons. The maximum Gasteiger partial charge on any atom is 0.430 e. The number of alkyl halides is 3. The zero-order valence-electron chi connectivity index (χ0n) is 12.6. The van der Waals surface area contributed by atoms with E-state index in [-0.39, 0.29) is 28.0 Å². The quantitative estimate of drug-likeness (QED) is 0.780. The standard InChI is InChI=1S/C16H8Cl2F3NO4/c17-8-1-2-13(22-6-8)25-12-5-11-7(4-10(12)18)3-9(15(23)24)14(26-11)16(19,20)21/h1-6,14H,(H,23,24). The summed E-state index contributed by atoms with van der Waals surface area (Å²) in [6, 6.07) is 5.34. The summed E-state index contributed by atoms with van der Waals surface area (Å²) in [6.07, 6.45) is -5.31. The second-order valence-electron chi connectivity index (χ2n) is 5.18. The molecule has 0 saturated carbocycles. The Hall–Kier alpha value is -2.45. The number of ether oxygens (including phenoxy) is 2. The van der Waals surface area contributed by atoms with E-state index in [9.17, 15) is 18.0 Å². The number of carbonyl (C=O) groups is 1. The van der Waals surface area contributed by atoms with Gasteiger partial charge in [-0.15, -0.1) is 0 Å². The first-order valence-corrected chi connectivity index (χ1v) is 7.72. The maximum atomic E-state index is 13.1. The van der Waals surface area contributed by atoms with Crippen molar-refractivity contribution >= 4 is 35.2 Å². The van der Waals surface area contributed by atoms with Gasteiger partial charge in [0.05, 0.1) is 15.6 Å². The lowest BCUT2D eigenvalue weighted by Crippen LogP contribution is -2.40. The van der Waals surface area contributed by atoms with Gasteiger partial charge in [-0.3, -0.25) is 0 Å². The van der Waals surface area contributed by atoms with Crippen molar-refractivity contribution in [2.24, 2.45) is 0 Å². The molecule has 0 spiro atoms. The molecule has 136 valence electrons. The number of rotatable bonds is 3. The number of hydrogen-bond acceptors (Lipinski definition) is 4. The third kappa shape index (κ3) is 3.71. The highest BCUT2D eigenvalue weighted by molar-refractivity contribution is 6.32. The van der Waals surface area contributed by atoms with Gasteiger partial charge in [0.25, 0.3) is 0 Å². The van der Waals surface area contributed by atoms with Crippen LogP contribution in [-0.2, 0) is 4.79 Å². The van der Waals surface area contributed by atoms with Crippen LogP contribution in [0.15, 0.2) is 36.0 Å². The van der Waals surface area contributed by atoms with Crippen LogP contribution in [0.4, 0.5) is 13.2 Å². The molecule has 1 aliphatic rings. The van der Waals surface area contributed by atoms with Crippen LogP contribution < -0.4 is 9.47 Å². The Balaban J connectivity index is 2.00. The fourth-order valence-electron chi connectivity index (χ4n) is 2.23. The molecule has 2 heterocycles. The predicted molar refractivity (Wildman–Crippen MR) is 86.9 cm³/mol. The Labute approximate surface area is 154 Å². The van der Waals surface area contributed by atoms with E-state index in [0.717, 1.165) is 12.1 Å². The summed E-state index contributed by atoms with van der Waals surface area (Å²) in [4.78, 5) is 15.0. The SMILES string of the molecule is O=C(O)C1=Cc2cc(Cl)c(Oc3ccc(Cl)cn3)cc2OC1C(F)(F)F. The molecular weight excluding hydrogens is 398 g/mol. The van der Waals surface area contributed by atoms with Crippen LogP contribution >= 0.6 is 23.2 Å². The molecule has 2 aromatic rings. The molecule has 0 amide bonds. The van der Waals surface area contributed by atoms with E-state index in [1.807, 2.05) is 0 Å². The summed E-state index contributed by atoms with van der Waals surface area (Å²) in [5.41, 5.74) is -0.849. The van der Waals surface area contributed by atoms with E-state index in [1.54, 1.807) is 0 Å². The Morgan fingerprint density at radius 1 is 1.27 bits per heavy atom. The molecule has 0 fully saturated rings. The molecule has 0 bridgehead atoms. The molecule has 1 N–H and O–H groups in total. The number of aliphatic carboxylic acids is 1. The summed E-state index contributed by atoms with van der Waals surface area (Å²) in [6.45, 7) is 0. The van der Waals surface area contributed by atoms with Crippen LogP contribution in [0.5, 0.6) is 17.4 Å². The molecule has 3 rings (SSSR count). The van der Waals surface area contributed by atoms with Gasteiger partial charge in [0.1, 0.15) is 5.75 Å². The number of aromatic nitrogens is 1. The van der Waals surface area contributed by atoms with Gasteiger partial charge in [0, 0.05) is 23.9 Å². The minimum Gasteiger partial charge on any atom is -0.478 e. The fourth-order valence-corrected chi connectivity index (χ4v) is 2.55. The number of fused-ring (bicyclic) bond motifs is 1. The van der Waals surface area contributed by atoms with Crippen molar-refractivity contribution in [3.63, 3.8) is 0 Å². The zero-order valence-corrected chi connectivity index (χ0v) is 14.1. The van der Waals surface area contributed by atoms with Crippen molar-refractivity contribution in [2.45, 2.75) is 12.3 Å². The molecule has 0 aliphatic carbocycles. The summed E-state index contributed by atoms with van der Waals surface area (Å²) in [7, 11) is 0. The van der Waals surface area contributed by atoms with Crippen molar-refractivity contribution in [1.29, 1.82) is 0 Å². The number of benzene rings is 1. The molecule has 5 nitrogen and oxygen atoms in total. The van der Waals surface area contributed by atoms with Gasteiger partial charge in [0.15, 0.2) is 5.75 Å². The van der Waals surface area contributed by atoms with Crippen molar-refractivity contribution in [2.75, 3.05) is 0 Å². The first-order valence-electron chi connectivity index (χ1n) is 6.96. The van der Waals surface area contributed by atoms with Gasteiger partial charge in [-0.25, -0.2) is 9.78 Å². The molecule has 26 heavy (non-hydrogen) atoms. The first kappa shape index (κ1) is 18.3. The Bertz CT molecular complexity index is 898. The third-order valence-electron chi connectivity index (χ3n) is 3.36. The highest BCUT2D eigenvalue weighted by atomic mass is 35.5. The third-order valence-corrected chi connectivity index (χ3v) is 3.88. The lowest BCUT2D eigenvalue weighted by molar-refractivity contribution is -0.187. The van der Waals surface area contributed by atoms with E-state index in [1.165, 1.54) is 24.4 Å². The van der Waals surface area contributed by atoms with Gasteiger partial charge < -0.3 is 14.6 Å². The highest BCUT2D eigenvalue weighted by Crippen LogP contribution is 2.42. The Morgan fingerprint density at radius 3 is 2.58 bits per heavy atom. The van der Waals surface area contributed by atoms with Gasteiger partial charge in [0.2, 0.25) is 12.0 Å². The molecule has 0 saturated heterocycles. The van der Waals surface area contributed by atoms with E-state index < -0.39 is 23.8 Å². The minimum atomic E-state index is -4.90. The average molecular weight is 406 g/mol. The molecule has 1 aliphatic heterocycles. The topological polar surface area (TPSA) is 68.7 Å².